The predicted molar refractivity (Wildman–Crippen MR) is 56.8 cm³/mol. The van der Waals surface area contributed by atoms with E-state index in [-0.39, 0.29) is 17.1 Å². The Hall–Kier alpha value is -2.64. The molecule has 2 aromatic heterocycles. The van der Waals surface area contributed by atoms with Gasteiger partial charge in [0.15, 0.2) is 5.69 Å². The first-order chi connectivity index (χ1) is 8.08. The van der Waals surface area contributed by atoms with Gasteiger partial charge in [0.2, 0.25) is 0 Å². The van der Waals surface area contributed by atoms with Crippen LogP contribution in [0.5, 0.6) is 0 Å². The average Bonchev–Trinajstić information content (AvgIpc) is 2.86. The normalized spacial score (nSPS) is 10.2. The van der Waals surface area contributed by atoms with Gasteiger partial charge in [-0.3, -0.25) is 4.79 Å². The molecule has 8 nitrogen and oxygen atoms in total. The molecule has 2 heterocycles. The fourth-order valence-electron chi connectivity index (χ4n) is 1.35. The minimum Gasteiger partial charge on any atom is -0.477 e. The van der Waals surface area contributed by atoms with Gasteiger partial charge in [-0.05, 0) is 13.0 Å². The van der Waals surface area contributed by atoms with Crippen LogP contribution in [-0.4, -0.2) is 37.4 Å². The third-order valence-corrected chi connectivity index (χ3v) is 2.06. The highest BCUT2D eigenvalue weighted by molar-refractivity contribution is 6.06. The monoisotopic (exact) mass is 235 g/mol. The lowest BCUT2D eigenvalue weighted by molar-refractivity contribution is 0.0692. The molecule has 0 aliphatic rings. The molecule has 2 aromatic rings. The van der Waals surface area contributed by atoms with Gasteiger partial charge in [0, 0.05) is 5.69 Å². The number of aryl methyl sites for hydroxylation is 1. The smallest absolute Gasteiger partial charge is 0.354 e. The summed E-state index contributed by atoms with van der Waals surface area (Å²) in [5.74, 6) is -1.67. The molecule has 0 aliphatic heterocycles. The molecule has 8 heteroatoms. The topological polar surface area (TPSA) is 124 Å². The van der Waals surface area contributed by atoms with Crippen molar-refractivity contribution in [3.63, 3.8) is 0 Å². The molecule has 4 N–H and O–H groups in total. The Kier molecular flexibility index (Phi) is 2.61. The molecule has 0 saturated heterocycles. The summed E-state index contributed by atoms with van der Waals surface area (Å²) in [4.78, 5) is 25.1. The van der Waals surface area contributed by atoms with E-state index in [0.717, 1.165) is 0 Å². The minimum atomic E-state index is -1.14. The molecule has 0 spiro atoms. The zero-order valence-electron chi connectivity index (χ0n) is 8.81. The summed E-state index contributed by atoms with van der Waals surface area (Å²) in [6.45, 7) is 1.69. The van der Waals surface area contributed by atoms with Crippen molar-refractivity contribution >= 4 is 17.6 Å². The SMILES string of the molecule is Cc1cc(NC(=O)c2cn[nH]n2)c(C(=O)O)[nH]1. The van der Waals surface area contributed by atoms with Crippen LogP contribution in [0.15, 0.2) is 12.3 Å². The van der Waals surface area contributed by atoms with Crippen molar-refractivity contribution in [2.75, 3.05) is 5.32 Å². The second kappa shape index (κ2) is 4.08. The van der Waals surface area contributed by atoms with Crippen LogP contribution in [0, 0.1) is 6.92 Å². The number of aromatic nitrogens is 4. The van der Waals surface area contributed by atoms with E-state index in [4.69, 9.17) is 5.11 Å². The van der Waals surface area contributed by atoms with Gasteiger partial charge >= 0.3 is 5.97 Å². The summed E-state index contributed by atoms with van der Waals surface area (Å²) in [6.07, 6.45) is 1.25. The highest BCUT2D eigenvalue weighted by atomic mass is 16.4. The largest absolute Gasteiger partial charge is 0.477 e. The Bertz CT molecular complexity index is 557. The van der Waals surface area contributed by atoms with Crippen molar-refractivity contribution in [1.82, 2.24) is 20.4 Å². The first-order valence-electron chi connectivity index (χ1n) is 4.68. The zero-order valence-corrected chi connectivity index (χ0v) is 8.81. The van der Waals surface area contributed by atoms with Crippen LogP contribution in [-0.2, 0) is 0 Å². The lowest BCUT2D eigenvalue weighted by Gasteiger charge is -2.00. The van der Waals surface area contributed by atoms with Crippen molar-refractivity contribution in [1.29, 1.82) is 0 Å². The van der Waals surface area contributed by atoms with Gasteiger partial charge in [0.25, 0.3) is 5.91 Å². The lowest BCUT2D eigenvalue weighted by Crippen LogP contribution is -2.14. The number of carbonyl (C=O) groups excluding carboxylic acids is 1. The first-order valence-corrected chi connectivity index (χ1v) is 4.68. The quantitative estimate of drug-likeness (QED) is 0.612. The number of hydrogen-bond acceptors (Lipinski definition) is 4. The molecule has 0 unspecified atom stereocenters. The molecule has 1 amide bonds. The summed E-state index contributed by atoms with van der Waals surface area (Å²) in [5, 5.41) is 20.7. The maximum atomic E-state index is 11.6. The molecule has 0 radical (unpaired) electrons. The van der Waals surface area contributed by atoms with E-state index >= 15 is 0 Å². The molecular formula is C9H9N5O3. The number of hydrogen-bond donors (Lipinski definition) is 4. The van der Waals surface area contributed by atoms with E-state index in [0.29, 0.717) is 5.69 Å². The number of aromatic amines is 2. The fourth-order valence-corrected chi connectivity index (χ4v) is 1.35. The van der Waals surface area contributed by atoms with Gasteiger partial charge in [0.1, 0.15) is 5.69 Å². The number of carboxylic acid groups (broad SMARTS) is 1. The Labute approximate surface area is 95.0 Å². The van der Waals surface area contributed by atoms with Gasteiger partial charge in [-0.2, -0.15) is 15.4 Å². The molecule has 0 bridgehead atoms. The van der Waals surface area contributed by atoms with Gasteiger partial charge in [0.05, 0.1) is 11.9 Å². The van der Waals surface area contributed by atoms with Crippen LogP contribution in [0.4, 0.5) is 5.69 Å². The number of carbonyl (C=O) groups is 2. The third-order valence-electron chi connectivity index (χ3n) is 2.06. The number of nitrogens with one attached hydrogen (secondary N) is 3. The molecule has 17 heavy (non-hydrogen) atoms. The molecule has 0 aromatic carbocycles. The first kappa shape index (κ1) is 10.9. The van der Waals surface area contributed by atoms with Crippen molar-refractivity contribution in [3.05, 3.63) is 29.3 Å². The predicted octanol–water partition coefficient (Wildman–Crippen LogP) is 0.392. The van der Waals surface area contributed by atoms with Gasteiger partial charge in [-0.25, -0.2) is 4.79 Å². The highest BCUT2D eigenvalue weighted by Crippen LogP contribution is 2.17. The fraction of sp³-hybridized carbons (Fsp3) is 0.111. The Morgan fingerprint density at radius 2 is 2.24 bits per heavy atom. The standard InChI is InChI=1S/C9H9N5O3/c1-4-2-5(7(11-4)9(16)17)12-8(15)6-3-10-14-13-6/h2-3,11H,1H3,(H,12,15)(H,16,17)(H,10,13,14). The number of aromatic carboxylic acids is 1. The number of amides is 1. The second-order valence-electron chi connectivity index (χ2n) is 3.36. The molecule has 0 saturated carbocycles. The van der Waals surface area contributed by atoms with E-state index in [2.05, 4.69) is 25.7 Å². The van der Waals surface area contributed by atoms with E-state index in [1.165, 1.54) is 12.3 Å². The Morgan fingerprint density at radius 3 is 2.82 bits per heavy atom. The van der Waals surface area contributed by atoms with E-state index in [1.54, 1.807) is 6.92 Å². The molecule has 0 fully saturated rings. The van der Waals surface area contributed by atoms with Crippen molar-refractivity contribution < 1.29 is 14.7 Å². The minimum absolute atomic E-state index is 0.0701. The van der Waals surface area contributed by atoms with E-state index in [9.17, 15) is 9.59 Å². The maximum absolute atomic E-state index is 11.6. The number of carboxylic acids is 1. The van der Waals surface area contributed by atoms with Crippen molar-refractivity contribution in [2.45, 2.75) is 6.92 Å². The van der Waals surface area contributed by atoms with Crippen LogP contribution >= 0.6 is 0 Å². The molecule has 2 rings (SSSR count). The molecule has 0 atom stereocenters. The number of anilines is 1. The van der Waals surface area contributed by atoms with Crippen LogP contribution < -0.4 is 5.32 Å². The molecular weight excluding hydrogens is 226 g/mol. The van der Waals surface area contributed by atoms with E-state index in [1.807, 2.05) is 0 Å². The molecule has 0 aliphatic carbocycles. The van der Waals surface area contributed by atoms with Gasteiger partial charge in [-0.1, -0.05) is 0 Å². The summed E-state index contributed by atoms with van der Waals surface area (Å²) in [7, 11) is 0. The van der Waals surface area contributed by atoms with Gasteiger partial charge < -0.3 is 15.4 Å². The van der Waals surface area contributed by atoms with E-state index < -0.39 is 11.9 Å². The zero-order chi connectivity index (χ0) is 12.4. The molecule has 88 valence electrons. The van der Waals surface area contributed by atoms with Crippen LogP contribution in [0.2, 0.25) is 0 Å². The summed E-state index contributed by atoms with van der Waals surface area (Å²) >= 11 is 0. The second-order valence-corrected chi connectivity index (χ2v) is 3.36. The summed E-state index contributed by atoms with van der Waals surface area (Å²) in [5.41, 5.74) is 0.848. The number of rotatable bonds is 3. The van der Waals surface area contributed by atoms with Crippen LogP contribution in [0.1, 0.15) is 26.7 Å². The summed E-state index contributed by atoms with van der Waals surface area (Å²) in [6, 6.07) is 1.53. The van der Waals surface area contributed by atoms with Crippen LogP contribution in [0.3, 0.4) is 0 Å². The highest BCUT2D eigenvalue weighted by Gasteiger charge is 2.17. The number of H-pyrrole nitrogens is 2. The lowest BCUT2D eigenvalue weighted by atomic mass is 10.3. The van der Waals surface area contributed by atoms with Crippen molar-refractivity contribution in [2.24, 2.45) is 0 Å². The maximum Gasteiger partial charge on any atom is 0.354 e. The Morgan fingerprint density at radius 1 is 1.47 bits per heavy atom. The van der Waals surface area contributed by atoms with Crippen molar-refractivity contribution in [3.8, 4) is 0 Å². The van der Waals surface area contributed by atoms with Gasteiger partial charge in [-0.15, -0.1) is 0 Å². The average molecular weight is 235 g/mol. The third kappa shape index (κ3) is 2.14. The van der Waals surface area contributed by atoms with Crippen LogP contribution in [0.25, 0.3) is 0 Å². The Balaban J connectivity index is 2.24. The number of nitrogens with zero attached hydrogens (tertiary/aromatic N) is 2. The summed E-state index contributed by atoms with van der Waals surface area (Å²) < 4.78 is 0.